The van der Waals surface area contributed by atoms with Crippen molar-refractivity contribution in [2.45, 2.75) is 32.9 Å². The molecule has 20 heavy (non-hydrogen) atoms. The molecular formula is C14H16BrClFN3. The van der Waals surface area contributed by atoms with Gasteiger partial charge in [-0.2, -0.15) is 5.10 Å². The monoisotopic (exact) mass is 359 g/mol. The highest BCUT2D eigenvalue weighted by molar-refractivity contribution is 9.10. The number of hydrogen-bond acceptors (Lipinski definition) is 2. The van der Waals surface area contributed by atoms with Crippen LogP contribution in [-0.4, -0.2) is 9.78 Å². The van der Waals surface area contributed by atoms with Crippen LogP contribution >= 0.6 is 27.5 Å². The number of hydrogen-bond donors (Lipinski definition) is 1. The highest BCUT2D eigenvalue weighted by atomic mass is 79.9. The van der Waals surface area contributed by atoms with Crippen LogP contribution in [0.2, 0.25) is 5.02 Å². The van der Waals surface area contributed by atoms with Gasteiger partial charge < -0.3 is 5.73 Å². The van der Waals surface area contributed by atoms with E-state index in [1.54, 1.807) is 0 Å². The van der Waals surface area contributed by atoms with Crippen LogP contribution in [0, 0.1) is 12.7 Å². The molecule has 0 aliphatic heterocycles. The number of halogens is 3. The minimum absolute atomic E-state index is 0.309. The van der Waals surface area contributed by atoms with Crippen LogP contribution in [0.3, 0.4) is 0 Å². The molecule has 2 N–H and O–H groups in total. The summed E-state index contributed by atoms with van der Waals surface area (Å²) >= 11 is 9.54. The van der Waals surface area contributed by atoms with E-state index < -0.39 is 0 Å². The van der Waals surface area contributed by atoms with Crippen LogP contribution < -0.4 is 5.73 Å². The second-order valence-electron chi connectivity index (χ2n) is 4.68. The van der Waals surface area contributed by atoms with Crippen LogP contribution in [0.5, 0.6) is 0 Å². The van der Waals surface area contributed by atoms with E-state index >= 15 is 0 Å². The Kier molecular flexibility index (Phi) is 4.83. The molecule has 0 aliphatic carbocycles. The predicted octanol–water partition coefficient (Wildman–Crippen LogP) is 4.01. The van der Waals surface area contributed by atoms with Crippen molar-refractivity contribution in [3.63, 3.8) is 0 Å². The van der Waals surface area contributed by atoms with E-state index in [-0.39, 0.29) is 11.9 Å². The van der Waals surface area contributed by atoms with Crippen molar-refractivity contribution < 1.29 is 4.39 Å². The first-order chi connectivity index (χ1) is 9.42. The van der Waals surface area contributed by atoms with E-state index in [9.17, 15) is 4.39 Å². The molecule has 6 heteroatoms. The summed E-state index contributed by atoms with van der Waals surface area (Å²) in [6.45, 7) is 4.58. The Balaban J connectivity index is 2.29. The summed E-state index contributed by atoms with van der Waals surface area (Å²) < 4.78 is 15.9. The van der Waals surface area contributed by atoms with E-state index in [0.717, 1.165) is 23.5 Å². The van der Waals surface area contributed by atoms with Gasteiger partial charge in [-0.1, -0.05) is 27.5 Å². The van der Waals surface area contributed by atoms with Gasteiger partial charge in [0.25, 0.3) is 0 Å². The number of aryl methyl sites for hydroxylation is 2. The van der Waals surface area contributed by atoms with E-state index in [2.05, 4.69) is 21.0 Å². The van der Waals surface area contributed by atoms with Crippen molar-refractivity contribution in [1.29, 1.82) is 0 Å². The zero-order valence-electron chi connectivity index (χ0n) is 11.3. The quantitative estimate of drug-likeness (QED) is 0.895. The first kappa shape index (κ1) is 15.5. The van der Waals surface area contributed by atoms with Crippen LogP contribution in [0.25, 0.3) is 0 Å². The molecule has 0 aliphatic rings. The smallest absolute Gasteiger partial charge is 0.124 e. The fraction of sp³-hybridized carbons (Fsp3) is 0.357. The fourth-order valence-electron chi connectivity index (χ4n) is 2.18. The van der Waals surface area contributed by atoms with E-state index in [0.29, 0.717) is 15.9 Å². The number of rotatable bonds is 4. The van der Waals surface area contributed by atoms with Crippen LogP contribution in [0.15, 0.2) is 22.7 Å². The molecule has 0 fully saturated rings. The molecule has 0 spiro atoms. The van der Waals surface area contributed by atoms with Crippen LogP contribution in [0.1, 0.15) is 29.9 Å². The van der Waals surface area contributed by atoms with Gasteiger partial charge in [0.1, 0.15) is 5.82 Å². The molecule has 1 heterocycles. The molecule has 3 nitrogen and oxygen atoms in total. The van der Waals surface area contributed by atoms with Gasteiger partial charge in [0.05, 0.1) is 16.4 Å². The largest absolute Gasteiger partial charge is 0.324 e. The Bertz CT molecular complexity index is 607. The highest BCUT2D eigenvalue weighted by Gasteiger charge is 2.17. The number of benzene rings is 1. The molecule has 2 aromatic rings. The number of aromatic nitrogens is 2. The van der Waals surface area contributed by atoms with Crippen LogP contribution in [-0.2, 0) is 13.0 Å². The lowest BCUT2D eigenvalue weighted by atomic mass is 10.0. The third kappa shape index (κ3) is 3.22. The van der Waals surface area contributed by atoms with Crippen molar-refractivity contribution in [1.82, 2.24) is 9.78 Å². The first-order valence-electron chi connectivity index (χ1n) is 6.35. The summed E-state index contributed by atoms with van der Waals surface area (Å²) in [5, 5.41) is 4.99. The van der Waals surface area contributed by atoms with Crippen molar-refractivity contribution in [3.05, 3.63) is 50.5 Å². The lowest BCUT2D eigenvalue weighted by molar-refractivity contribution is 0.582. The van der Waals surface area contributed by atoms with Gasteiger partial charge in [0.2, 0.25) is 0 Å². The van der Waals surface area contributed by atoms with Crippen molar-refractivity contribution in [3.8, 4) is 0 Å². The van der Waals surface area contributed by atoms with Gasteiger partial charge in [-0.15, -0.1) is 0 Å². The maximum Gasteiger partial charge on any atom is 0.124 e. The van der Waals surface area contributed by atoms with Crippen molar-refractivity contribution in [2.24, 2.45) is 5.73 Å². The molecule has 1 aromatic heterocycles. The second-order valence-corrected chi connectivity index (χ2v) is 5.97. The van der Waals surface area contributed by atoms with Gasteiger partial charge in [0, 0.05) is 23.5 Å². The summed E-state index contributed by atoms with van der Waals surface area (Å²) in [5.41, 5.74) is 8.59. The molecule has 108 valence electrons. The third-order valence-electron chi connectivity index (χ3n) is 3.18. The van der Waals surface area contributed by atoms with Gasteiger partial charge in [-0.05, 0) is 37.6 Å². The number of nitrogens with zero attached hydrogens (tertiary/aromatic N) is 2. The van der Waals surface area contributed by atoms with E-state index in [1.807, 2.05) is 24.6 Å². The minimum Gasteiger partial charge on any atom is -0.324 e. The lowest BCUT2D eigenvalue weighted by Gasteiger charge is -2.14. The second kappa shape index (κ2) is 6.24. The Morgan fingerprint density at radius 1 is 1.45 bits per heavy atom. The molecule has 0 amide bonds. The first-order valence-corrected chi connectivity index (χ1v) is 7.52. The molecular weight excluding hydrogens is 345 g/mol. The van der Waals surface area contributed by atoms with Crippen molar-refractivity contribution >= 4 is 27.5 Å². The summed E-state index contributed by atoms with van der Waals surface area (Å²) in [6, 6.07) is 4.34. The predicted molar refractivity (Wildman–Crippen MR) is 82.4 cm³/mol. The molecule has 1 atom stereocenters. The zero-order valence-corrected chi connectivity index (χ0v) is 13.7. The van der Waals surface area contributed by atoms with Gasteiger partial charge in [-0.3, -0.25) is 4.68 Å². The van der Waals surface area contributed by atoms with Gasteiger partial charge >= 0.3 is 0 Å². The lowest BCUT2D eigenvalue weighted by Crippen LogP contribution is -2.16. The third-order valence-corrected chi connectivity index (χ3v) is 4.13. The molecule has 0 saturated heterocycles. The average molecular weight is 361 g/mol. The number of nitrogens with two attached hydrogens (primary N) is 1. The topological polar surface area (TPSA) is 43.8 Å². The zero-order chi connectivity index (χ0) is 14.9. The SMILES string of the molecule is CCn1nc(C)c(Cl)c1CC(N)c1cc(F)cc(Br)c1. The summed E-state index contributed by atoms with van der Waals surface area (Å²) in [7, 11) is 0. The highest BCUT2D eigenvalue weighted by Crippen LogP contribution is 2.26. The Labute approximate surface area is 131 Å². The fourth-order valence-corrected chi connectivity index (χ4v) is 2.87. The summed E-state index contributed by atoms with van der Waals surface area (Å²) in [6.07, 6.45) is 0.517. The molecule has 1 aromatic carbocycles. The van der Waals surface area contributed by atoms with Crippen molar-refractivity contribution in [2.75, 3.05) is 0 Å². The van der Waals surface area contributed by atoms with E-state index in [4.69, 9.17) is 17.3 Å². The molecule has 1 unspecified atom stereocenters. The Morgan fingerprint density at radius 3 is 2.75 bits per heavy atom. The normalized spacial score (nSPS) is 12.7. The Hall–Kier alpha value is -0.910. The Morgan fingerprint density at radius 2 is 2.15 bits per heavy atom. The van der Waals surface area contributed by atoms with Gasteiger partial charge in [0.15, 0.2) is 0 Å². The van der Waals surface area contributed by atoms with Gasteiger partial charge in [-0.25, -0.2) is 4.39 Å². The molecule has 0 bridgehead atoms. The minimum atomic E-state index is -0.332. The molecule has 2 rings (SSSR count). The molecule has 0 radical (unpaired) electrons. The average Bonchev–Trinajstić information content (AvgIpc) is 2.65. The summed E-state index contributed by atoms with van der Waals surface area (Å²) in [4.78, 5) is 0. The van der Waals surface area contributed by atoms with Crippen LogP contribution in [0.4, 0.5) is 4.39 Å². The maximum absolute atomic E-state index is 13.4. The maximum atomic E-state index is 13.4. The van der Waals surface area contributed by atoms with E-state index in [1.165, 1.54) is 12.1 Å². The standard InChI is InChI=1S/C14H16BrClFN3/c1-3-20-13(14(16)8(2)19-20)7-12(18)9-4-10(15)6-11(17)5-9/h4-6,12H,3,7,18H2,1-2H3. The summed E-state index contributed by atoms with van der Waals surface area (Å²) in [5.74, 6) is -0.309. The molecule has 0 saturated carbocycles.